The van der Waals surface area contributed by atoms with Crippen molar-refractivity contribution in [3.8, 4) is 11.1 Å². The molecular formula is C30H37NO3. The number of carbonyl (C=O) groups excluding carboxylic acids is 1. The first-order valence-corrected chi connectivity index (χ1v) is 12.9. The van der Waals surface area contributed by atoms with Crippen molar-refractivity contribution in [2.75, 3.05) is 24.7 Å². The molecule has 1 saturated heterocycles. The highest BCUT2D eigenvalue weighted by Gasteiger charge is 2.46. The minimum Gasteiger partial charge on any atom is -0.350 e. The third kappa shape index (κ3) is 3.46. The Bertz CT molecular complexity index is 1100. The van der Waals surface area contributed by atoms with Crippen molar-refractivity contribution >= 4 is 12.0 Å². The maximum atomic E-state index is 11.7. The van der Waals surface area contributed by atoms with Gasteiger partial charge in [-0.1, -0.05) is 64.8 Å². The Morgan fingerprint density at radius 3 is 2.35 bits per heavy atom. The van der Waals surface area contributed by atoms with E-state index in [-0.39, 0.29) is 17.1 Å². The third-order valence-electron chi connectivity index (χ3n) is 8.14. The molecule has 0 N–H and O–H groups in total. The van der Waals surface area contributed by atoms with Gasteiger partial charge in [0, 0.05) is 35.2 Å². The van der Waals surface area contributed by atoms with Crippen molar-refractivity contribution in [1.29, 1.82) is 0 Å². The molecule has 2 aromatic carbocycles. The summed E-state index contributed by atoms with van der Waals surface area (Å²) in [4.78, 5) is 14.0. The molecule has 2 heterocycles. The first kappa shape index (κ1) is 23.3. The molecule has 0 saturated carbocycles. The van der Waals surface area contributed by atoms with E-state index < -0.39 is 0 Å². The largest absolute Gasteiger partial charge is 0.350 e. The van der Waals surface area contributed by atoms with Crippen LogP contribution >= 0.6 is 0 Å². The van der Waals surface area contributed by atoms with Gasteiger partial charge in [0.25, 0.3) is 0 Å². The molecular weight excluding hydrogens is 422 g/mol. The molecule has 0 bridgehead atoms. The van der Waals surface area contributed by atoms with E-state index in [1.165, 1.54) is 33.5 Å². The SMILES string of the molecule is CCCC1(CCC)c2ccccc2-c2cc3c(cc21)N(CCC1OCCO1)/C(=C/C=O)C3(C)C. The molecule has 34 heavy (non-hydrogen) atoms. The zero-order valence-electron chi connectivity index (χ0n) is 21.0. The van der Waals surface area contributed by atoms with Crippen LogP contribution in [0.5, 0.6) is 0 Å². The van der Waals surface area contributed by atoms with Gasteiger partial charge in [-0.15, -0.1) is 0 Å². The van der Waals surface area contributed by atoms with Gasteiger partial charge in [0.1, 0.15) is 6.29 Å². The number of aldehydes is 1. The highest BCUT2D eigenvalue weighted by Crippen LogP contribution is 2.58. The standard InChI is InChI=1S/C30H37NO3/c1-5-13-30(14-6-2)23-10-8-7-9-21(23)22-19-25-26(20-24(22)30)31(15-11-28-33-17-18-34-28)27(12-16-32)29(25,3)4/h7-10,12,16,19-20,28H,5-6,11,13-15,17-18H2,1-4H3/b27-12+. The van der Waals surface area contributed by atoms with E-state index >= 15 is 0 Å². The van der Waals surface area contributed by atoms with Crippen LogP contribution in [-0.4, -0.2) is 32.3 Å². The Labute approximate surface area is 203 Å². The van der Waals surface area contributed by atoms with E-state index in [9.17, 15) is 4.79 Å². The monoisotopic (exact) mass is 459 g/mol. The lowest BCUT2D eigenvalue weighted by Gasteiger charge is -2.33. The molecule has 3 aliphatic rings. The van der Waals surface area contributed by atoms with Crippen LogP contribution in [0.25, 0.3) is 11.1 Å². The maximum Gasteiger partial charge on any atom is 0.159 e. The van der Waals surface area contributed by atoms with Crippen molar-refractivity contribution in [2.45, 2.75) is 76.9 Å². The van der Waals surface area contributed by atoms with Crippen LogP contribution in [0, 0.1) is 0 Å². The lowest BCUT2D eigenvalue weighted by molar-refractivity contribution is -0.104. The summed E-state index contributed by atoms with van der Waals surface area (Å²) in [5.41, 5.74) is 9.09. The predicted octanol–water partition coefficient (Wildman–Crippen LogP) is 6.50. The molecule has 4 nitrogen and oxygen atoms in total. The van der Waals surface area contributed by atoms with Gasteiger partial charge in [0.05, 0.1) is 13.2 Å². The van der Waals surface area contributed by atoms with Gasteiger partial charge in [0.2, 0.25) is 0 Å². The number of carbonyl (C=O) groups is 1. The molecule has 0 aromatic heterocycles. The number of nitrogens with zero attached hydrogens (tertiary/aromatic N) is 1. The van der Waals surface area contributed by atoms with Crippen LogP contribution in [0.4, 0.5) is 5.69 Å². The number of hydrogen-bond donors (Lipinski definition) is 0. The molecule has 4 heteroatoms. The number of hydrogen-bond acceptors (Lipinski definition) is 4. The second-order valence-electron chi connectivity index (χ2n) is 10.5. The fraction of sp³-hybridized carbons (Fsp3) is 0.500. The fourth-order valence-corrected chi connectivity index (χ4v) is 6.75. The normalized spacial score (nSPS) is 21.1. The minimum absolute atomic E-state index is 0.0507. The minimum atomic E-state index is -0.252. The van der Waals surface area contributed by atoms with Gasteiger partial charge in [-0.25, -0.2) is 0 Å². The van der Waals surface area contributed by atoms with Crippen molar-refractivity contribution in [1.82, 2.24) is 0 Å². The number of allylic oxidation sites excluding steroid dienone is 2. The second kappa shape index (κ2) is 8.98. The van der Waals surface area contributed by atoms with Crippen LogP contribution in [-0.2, 0) is 25.1 Å². The molecule has 0 spiro atoms. The van der Waals surface area contributed by atoms with Gasteiger partial charge in [-0.3, -0.25) is 4.79 Å². The van der Waals surface area contributed by atoms with Gasteiger partial charge >= 0.3 is 0 Å². The van der Waals surface area contributed by atoms with E-state index in [0.29, 0.717) is 13.2 Å². The molecule has 0 unspecified atom stereocenters. The maximum absolute atomic E-state index is 11.7. The smallest absolute Gasteiger partial charge is 0.159 e. The molecule has 180 valence electrons. The quantitative estimate of drug-likeness (QED) is 0.334. The Hall–Kier alpha value is -2.43. The molecule has 5 rings (SSSR count). The molecule has 0 atom stereocenters. The average molecular weight is 460 g/mol. The van der Waals surface area contributed by atoms with E-state index in [2.05, 4.69) is 69.0 Å². The van der Waals surface area contributed by atoms with E-state index in [4.69, 9.17) is 9.47 Å². The van der Waals surface area contributed by atoms with Gasteiger partial charge in [-0.2, -0.15) is 0 Å². The first-order chi connectivity index (χ1) is 16.5. The number of anilines is 1. The van der Waals surface area contributed by atoms with Crippen LogP contribution in [0.1, 0.15) is 76.5 Å². The van der Waals surface area contributed by atoms with Crippen LogP contribution in [0.15, 0.2) is 48.2 Å². The Morgan fingerprint density at radius 1 is 0.971 bits per heavy atom. The summed E-state index contributed by atoms with van der Waals surface area (Å²) in [7, 11) is 0. The lowest BCUT2D eigenvalue weighted by Crippen LogP contribution is -2.29. The molecule has 2 aliphatic heterocycles. The average Bonchev–Trinajstić information content (AvgIpc) is 3.49. The molecule has 2 aromatic rings. The third-order valence-corrected chi connectivity index (χ3v) is 8.14. The topological polar surface area (TPSA) is 38.8 Å². The first-order valence-electron chi connectivity index (χ1n) is 12.9. The zero-order chi connectivity index (χ0) is 23.9. The van der Waals surface area contributed by atoms with Crippen molar-refractivity contribution in [3.63, 3.8) is 0 Å². The molecule has 1 fully saturated rings. The summed E-state index contributed by atoms with van der Waals surface area (Å²) in [6.45, 7) is 11.2. The summed E-state index contributed by atoms with van der Waals surface area (Å²) >= 11 is 0. The summed E-state index contributed by atoms with van der Waals surface area (Å²) in [6.07, 6.45) is 7.88. The van der Waals surface area contributed by atoms with E-state index in [1.807, 2.05) is 0 Å². The van der Waals surface area contributed by atoms with Crippen molar-refractivity contribution in [3.05, 3.63) is 64.9 Å². The number of ether oxygens (including phenoxy) is 2. The van der Waals surface area contributed by atoms with Crippen LogP contribution in [0.2, 0.25) is 0 Å². The Balaban J connectivity index is 1.68. The summed E-state index contributed by atoms with van der Waals surface area (Å²) < 4.78 is 11.4. The zero-order valence-corrected chi connectivity index (χ0v) is 21.0. The van der Waals surface area contributed by atoms with Crippen LogP contribution in [0.3, 0.4) is 0 Å². The highest BCUT2D eigenvalue weighted by molar-refractivity contribution is 5.87. The van der Waals surface area contributed by atoms with Crippen molar-refractivity contribution in [2.24, 2.45) is 0 Å². The lowest BCUT2D eigenvalue weighted by atomic mass is 9.71. The highest BCUT2D eigenvalue weighted by atomic mass is 16.7. The van der Waals surface area contributed by atoms with Crippen LogP contribution < -0.4 is 4.90 Å². The van der Waals surface area contributed by atoms with E-state index in [0.717, 1.165) is 50.6 Å². The summed E-state index contributed by atoms with van der Waals surface area (Å²) in [6, 6.07) is 13.9. The Morgan fingerprint density at radius 2 is 1.68 bits per heavy atom. The van der Waals surface area contributed by atoms with Gasteiger partial charge in [0.15, 0.2) is 6.29 Å². The fourth-order valence-electron chi connectivity index (χ4n) is 6.75. The second-order valence-corrected chi connectivity index (χ2v) is 10.5. The predicted molar refractivity (Wildman–Crippen MR) is 137 cm³/mol. The van der Waals surface area contributed by atoms with E-state index in [1.54, 1.807) is 6.08 Å². The molecule has 1 aliphatic carbocycles. The molecule has 0 amide bonds. The summed E-state index contributed by atoms with van der Waals surface area (Å²) in [5.74, 6) is 0. The number of rotatable bonds is 8. The molecule has 0 radical (unpaired) electrons. The summed E-state index contributed by atoms with van der Waals surface area (Å²) in [5, 5.41) is 0. The van der Waals surface area contributed by atoms with Crippen molar-refractivity contribution < 1.29 is 14.3 Å². The number of benzene rings is 2. The Kier molecular flexibility index (Phi) is 6.16. The number of fused-ring (bicyclic) bond motifs is 4. The van der Waals surface area contributed by atoms with Gasteiger partial charge < -0.3 is 14.4 Å². The van der Waals surface area contributed by atoms with Gasteiger partial charge in [-0.05, 0) is 58.9 Å².